The first-order chi connectivity index (χ1) is 6.95. The van der Waals surface area contributed by atoms with Crippen molar-refractivity contribution in [3.05, 3.63) is 35.1 Å². The lowest BCUT2D eigenvalue weighted by atomic mass is 10.1. The van der Waals surface area contributed by atoms with E-state index >= 15 is 0 Å². The van der Waals surface area contributed by atoms with Gasteiger partial charge in [-0.3, -0.25) is 0 Å². The fourth-order valence-electron chi connectivity index (χ4n) is 1.07. The van der Waals surface area contributed by atoms with Gasteiger partial charge in [0.2, 0.25) is 6.17 Å². The molecule has 0 heterocycles. The maximum absolute atomic E-state index is 13.2. The van der Waals surface area contributed by atoms with Crippen molar-refractivity contribution in [3.8, 4) is 0 Å². The van der Waals surface area contributed by atoms with Crippen LogP contribution >= 0.6 is 0 Å². The van der Waals surface area contributed by atoms with Crippen molar-refractivity contribution >= 4 is 5.97 Å². The van der Waals surface area contributed by atoms with Crippen LogP contribution < -0.4 is 0 Å². The minimum Gasteiger partial charge on any atom is -0.479 e. The second kappa shape index (κ2) is 4.29. The zero-order valence-electron chi connectivity index (χ0n) is 7.25. The highest BCUT2D eigenvalue weighted by molar-refractivity contribution is 5.74. The number of rotatable bonds is 3. The van der Waals surface area contributed by atoms with E-state index in [1.165, 1.54) is 0 Å². The van der Waals surface area contributed by atoms with E-state index in [0.717, 1.165) is 18.2 Å². The number of hydrogen-bond donors (Lipinski definition) is 1. The van der Waals surface area contributed by atoms with E-state index in [1.807, 2.05) is 0 Å². The van der Waals surface area contributed by atoms with Gasteiger partial charge in [0.15, 0.2) is 0 Å². The molecule has 0 amide bonds. The van der Waals surface area contributed by atoms with E-state index in [2.05, 4.69) is 0 Å². The van der Waals surface area contributed by atoms with Gasteiger partial charge in [0.25, 0.3) is 6.43 Å². The van der Waals surface area contributed by atoms with Crippen molar-refractivity contribution in [2.75, 3.05) is 0 Å². The average Bonchev–Trinajstić information content (AvgIpc) is 2.16. The number of hydrogen-bond acceptors (Lipinski definition) is 1. The maximum atomic E-state index is 13.2. The molecule has 1 aromatic carbocycles. The minimum atomic E-state index is -3.11. The van der Waals surface area contributed by atoms with Gasteiger partial charge in [-0.25, -0.2) is 22.4 Å². The van der Waals surface area contributed by atoms with Crippen LogP contribution in [0.1, 0.15) is 23.7 Å². The molecule has 0 aliphatic heterocycles. The lowest BCUT2D eigenvalue weighted by molar-refractivity contribution is -0.143. The van der Waals surface area contributed by atoms with Crippen LogP contribution in [0.15, 0.2) is 18.2 Å². The molecule has 0 saturated heterocycles. The Bertz CT molecular complexity index is 378. The van der Waals surface area contributed by atoms with Gasteiger partial charge < -0.3 is 5.11 Å². The van der Waals surface area contributed by atoms with Crippen molar-refractivity contribution in [2.24, 2.45) is 0 Å². The molecule has 82 valence electrons. The molecular weight excluding hydrogens is 216 g/mol. The van der Waals surface area contributed by atoms with Gasteiger partial charge in [0, 0.05) is 5.56 Å². The van der Waals surface area contributed by atoms with Crippen LogP contribution in [0.3, 0.4) is 0 Å². The highest BCUT2D eigenvalue weighted by Crippen LogP contribution is 2.28. The molecule has 0 fully saturated rings. The Morgan fingerprint density at radius 2 is 1.73 bits per heavy atom. The van der Waals surface area contributed by atoms with E-state index in [9.17, 15) is 22.4 Å². The largest absolute Gasteiger partial charge is 0.479 e. The lowest BCUT2D eigenvalue weighted by Gasteiger charge is -2.08. The second-order valence-corrected chi connectivity index (χ2v) is 2.75. The summed E-state index contributed by atoms with van der Waals surface area (Å²) >= 11 is 0. The third kappa shape index (κ3) is 2.26. The van der Waals surface area contributed by atoms with E-state index in [-0.39, 0.29) is 0 Å². The third-order valence-corrected chi connectivity index (χ3v) is 1.78. The molecule has 0 aromatic heterocycles. The summed E-state index contributed by atoms with van der Waals surface area (Å²) in [6.07, 6.45) is -5.74. The van der Waals surface area contributed by atoms with Crippen LogP contribution in [0.2, 0.25) is 0 Å². The summed E-state index contributed by atoms with van der Waals surface area (Å²) in [6.45, 7) is 0. The topological polar surface area (TPSA) is 37.3 Å². The molecule has 0 radical (unpaired) electrons. The Hall–Kier alpha value is -1.59. The van der Waals surface area contributed by atoms with Gasteiger partial charge in [-0.05, 0) is 0 Å². The fraction of sp³-hybridized carbons (Fsp3) is 0.222. The van der Waals surface area contributed by atoms with Gasteiger partial charge >= 0.3 is 5.97 Å². The highest BCUT2D eigenvalue weighted by atomic mass is 19.3. The Balaban J connectivity index is 3.21. The molecule has 1 N–H and O–H groups in total. The van der Waals surface area contributed by atoms with Gasteiger partial charge in [-0.15, -0.1) is 0 Å². The normalized spacial score (nSPS) is 12.9. The summed E-state index contributed by atoms with van der Waals surface area (Å²) < 4.78 is 50.4. The Kier molecular flexibility index (Phi) is 3.28. The highest BCUT2D eigenvalue weighted by Gasteiger charge is 2.25. The predicted molar refractivity (Wildman–Crippen MR) is 42.8 cm³/mol. The smallest absolute Gasteiger partial charge is 0.343 e. The first-order valence-corrected chi connectivity index (χ1v) is 3.88. The molecule has 1 aromatic rings. The predicted octanol–water partition coefficient (Wildman–Crippen LogP) is 2.86. The Morgan fingerprint density at radius 1 is 1.20 bits per heavy atom. The molecule has 2 nitrogen and oxygen atoms in total. The Labute approximate surface area is 82.1 Å². The zero-order valence-corrected chi connectivity index (χ0v) is 7.25. The van der Waals surface area contributed by atoms with Crippen LogP contribution in [-0.4, -0.2) is 11.1 Å². The molecule has 0 saturated carbocycles. The molecule has 1 rings (SSSR count). The van der Waals surface area contributed by atoms with Crippen molar-refractivity contribution in [2.45, 2.75) is 12.6 Å². The number of alkyl halides is 3. The molecule has 0 aliphatic carbocycles. The summed E-state index contributed by atoms with van der Waals surface area (Å²) in [7, 11) is 0. The van der Waals surface area contributed by atoms with E-state index in [1.54, 1.807) is 0 Å². The lowest BCUT2D eigenvalue weighted by Crippen LogP contribution is -2.09. The van der Waals surface area contributed by atoms with Gasteiger partial charge in [0.05, 0.1) is 5.56 Å². The number of carboxylic acids is 1. The number of carboxylic acid groups (broad SMARTS) is 1. The fourth-order valence-corrected chi connectivity index (χ4v) is 1.07. The van der Waals surface area contributed by atoms with Crippen molar-refractivity contribution in [1.82, 2.24) is 0 Å². The SMILES string of the molecule is O=C(O)C(F)c1cccc(C(F)F)c1F. The van der Waals surface area contributed by atoms with Crippen molar-refractivity contribution in [1.29, 1.82) is 0 Å². The number of carbonyl (C=O) groups is 1. The van der Waals surface area contributed by atoms with Crippen LogP contribution in [0.25, 0.3) is 0 Å². The van der Waals surface area contributed by atoms with Gasteiger partial charge in [-0.1, -0.05) is 18.2 Å². The number of aliphatic carboxylic acids is 1. The van der Waals surface area contributed by atoms with Crippen LogP contribution in [0.5, 0.6) is 0 Å². The molecule has 15 heavy (non-hydrogen) atoms. The van der Waals surface area contributed by atoms with Crippen LogP contribution in [0, 0.1) is 5.82 Å². The van der Waals surface area contributed by atoms with Gasteiger partial charge in [-0.2, -0.15) is 0 Å². The zero-order chi connectivity index (χ0) is 11.6. The van der Waals surface area contributed by atoms with E-state index in [4.69, 9.17) is 5.11 Å². The number of benzene rings is 1. The standard InChI is InChI=1S/C9H6F4O2/c10-6-4(7(11)9(14)15)2-1-3-5(6)8(12)13/h1-3,7-8H,(H,14,15). The third-order valence-electron chi connectivity index (χ3n) is 1.78. The van der Waals surface area contributed by atoms with Gasteiger partial charge in [0.1, 0.15) is 5.82 Å². The molecule has 0 aliphatic rings. The van der Waals surface area contributed by atoms with E-state index < -0.39 is 35.5 Å². The molecular formula is C9H6F4O2. The molecule has 6 heteroatoms. The summed E-state index contributed by atoms with van der Waals surface area (Å²) in [5.74, 6) is -3.43. The summed E-state index contributed by atoms with van der Waals surface area (Å²) in [5.41, 5.74) is -1.89. The number of halogens is 4. The quantitative estimate of drug-likeness (QED) is 0.798. The van der Waals surface area contributed by atoms with E-state index in [0.29, 0.717) is 0 Å². The first kappa shape index (κ1) is 11.5. The summed E-state index contributed by atoms with van der Waals surface area (Å²) in [4.78, 5) is 10.2. The van der Waals surface area contributed by atoms with Crippen LogP contribution in [0.4, 0.5) is 17.6 Å². The maximum Gasteiger partial charge on any atom is 0.343 e. The van der Waals surface area contributed by atoms with Crippen molar-refractivity contribution in [3.63, 3.8) is 0 Å². The molecule has 1 atom stereocenters. The minimum absolute atomic E-state index is 0.776. The molecule has 1 unspecified atom stereocenters. The summed E-state index contributed by atoms with van der Waals surface area (Å²) in [6, 6.07) is 2.58. The monoisotopic (exact) mass is 222 g/mol. The van der Waals surface area contributed by atoms with Crippen molar-refractivity contribution < 1.29 is 27.5 Å². The first-order valence-electron chi connectivity index (χ1n) is 3.88. The molecule has 0 spiro atoms. The average molecular weight is 222 g/mol. The molecule has 0 bridgehead atoms. The summed E-state index contributed by atoms with van der Waals surface area (Å²) in [5, 5.41) is 8.26. The second-order valence-electron chi connectivity index (χ2n) is 2.75. The van der Waals surface area contributed by atoms with Crippen LogP contribution in [-0.2, 0) is 4.79 Å². The Morgan fingerprint density at radius 3 is 2.20 bits per heavy atom.